The average molecular weight is 407 g/mol. The van der Waals surface area contributed by atoms with Crippen molar-refractivity contribution in [1.29, 1.82) is 0 Å². The van der Waals surface area contributed by atoms with Gasteiger partial charge in [-0.05, 0) is 30.7 Å². The lowest BCUT2D eigenvalue weighted by Crippen LogP contribution is -1.95. The van der Waals surface area contributed by atoms with Crippen molar-refractivity contribution < 1.29 is 18.6 Å². The smallest absolute Gasteiger partial charge is 0.277 e. The molecule has 8 heteroatoms. The van der Waals surface area contributed by atoms with Crippen LogP contribution in [0.4, 0.5) is 0 Å². The molecule has 1 atom stereocenters. The first kappa shape index (κ1) is 19.4. The van der Waals surface area contributed by atoms with Crippen LogP contribution in [0.5, 0.6) is 17.2 Å². The molecule has 0 aliphatic carbocycles. The Morgan fingerprint density at radius 2 is 1.67 bits per heavy atom. The third-order valence-electron chi connectivity index (χ3n) is 3.94. The standard InChI is InChI=1S/C19H19ClN2O4S/c1-11(13-7-5-6-8-14(13)20)27-19-22-21-18(26-19)12-9-15(23-2)17(25-4)16(10-12)24-3/h5-11H,1-4H3/t11-/m1/s1. The van der Waals surface area contributed by atoms with Crippen molar-refractivity contribution in [2.24, 2.45) is 0 Å². The molecule has 0 aliphatic rings. The highest BCUT2D eigenvalue weighted by Gasteiger charge is 2.19. The molecule has 3 rings (SSSR count). The van der Waals surface area contributed by atoms with Gasteiger partial charge in [0.2, 0.25) is 11.6 Å². The van der Waals surface area contributed by atoms with Crippen LogP contribution < -0.4 is 14.2 Å². The number of aromatic nitrogens is 2. The van der Waals surface area contributed by atoms with Crippen LogP contribution in [0.3, 0.4) is 0 Å². The summed E-state index contributed by atoms with van der Waals surface area (Å²) in [6.07, 6.45) is 0. The molecule has 0 radical (unpaired) electrons. The van der Waals surface area contributed by atoms with Crippen LogP contribution in [0, 0.1) is 0 Å². The van der Waals surface area contributed by atoms with E-state index in [1.54, 1.807) is 33.5 Å². The van der Waals surface area contributed by atoms with E-state index in [4.69, 9.17) is 30.2 Å². The molecule has 0 aliphatic heterocycles. The van der Waals surface area contributed by atoms with Crippen LogP contribution in [-0.4, -0.2) is 31.5 Å². The normalized spacial score (nSPS) is 11.9. The Hall–Kier alpha value is -2.38. The fraction of sp³-hybridized carbons (Fsp3) is 0.263. The summed E-state index contributed by atoms with van der Waals surface area (Å²) < 4.78 is 21.9. The molecule has 0 amide bonds. The summed E-state index contributed by atoms with van der Waals surface area (Å²) in [6.45, 7) is 2.04. The van der Waals surface area contributed by atoms with Gasteiger partial charge in [0.25, 0.3) is 5.22 Å². The molecule has 2 aromatic carbocycles. The van der Waals surface area contributed by atoms with E-state index in [1.165, 1.54) is 11.8 Å². The number of halogens is 1. The number of rotatable bonds is 7. The predicted octanol–water partition coefficient (Wildman–Crippen LogP) is 5.27. The van der Waals surface area contributed by atoms with Crippen molar-refractivity contribution in [3.8, 4) is 28.7 Å². The van der Waals surface area contributed by atoms with E-state index in [1.807, 2.05) is 31.2 Å². The lowest BCUT2D eigenvalue weighted by molar-refractivity contribution is 0.324. The third-order valence-corrected chi connectivity index (χ3v) is 5.26. The van der Waals surface area contributed by atoms with Crippen molar-refractivity contribution >= 4 is 23.4 Å². The van der Waals surface area contributed by atoms with Crippen LogP contribution in [0.1, 0.15) is 17.7 Å². The van der Waals surface area contributed by atoms with E-state index in [-0.39, 0.29) is 5.25 Å². The maximum absolute atomic E-state index is 6.26. The molecule has 0 saturated carbocycles. The lowest BCUT2D eigenvalue weighted by atomic mass is 10.2. The minimum atomic E-state index is 0.0620. The topological polar surface area (TPSA) is 66.6 Å². The number of hydrogen-bond donors (Lipinski definition) is 0. The Labute approximate surface area is 166 Å². The molecule has 0 fully saturated rings. The molecule has 27 heavy (non-hydrogen) atoms. The summed E-state index contributed by atoms with van der Waals surface area (Å²) in [5.74, 6) is 1.90. The van der Waals surface area contributed by atoms with Crippen molar-refractivity contribution in [2.75, 3.05) is 21.3 Å². The highest BCUT2D eigenvalue weighted by atomic mass is 35.5. The Bertz CT molecular complexity index is 907. The third kappa shape index (κ3) is 4.14. The second-order valence-corrected chi connectivity index (χ2v) is 7.27. The van der Waals surface area contributed by atoms with Crippen LogP contribution in [0.15, 0.2) is 46.0 Å². The Kier molecular flexibility index (Phi) is 6.13. The van der Waals surface area contributed by atoms with Crippen LogP contribution in [-0.2, 0) is 0 Å². The average Bonchev–Trinajstić information content (AvgIpc) is 3.15. The van der Waals surface area contributed by atoms with Gasteiger partial charge in [-0.1, -0.05) is 41.6 Å². The van der Waals surface area contributed by atoms with Gasteiger partial charge in [0.05, 0.1) is 21.3 Å². The molecule has 1 heterocycles. The molecule has 3 aromatic rings. The van der Waals surface area contributed by atoms with Crippen LogP contribution in [0.2, 0.25) is 5.02 Å². The van der Waals surface area contributed by atoms with Gasteiger partial charge < -0.3 is 18.6 Å². The minimum absolute atomic E-state index is 0.0620. The van der Waals surface area contributed by atoms with Crippen molar-refractivity contribution in [1.82, 2.24) is 10.2 Å². The molecule has 0 spiro atoms. The molecule has 0 bridgehead atoms. The highest BCUT2D eigenvalue weighted by molar-refractivity contribution is 7.99. The Balaban J connectivity index is 1.86. The van der Waals surface area contributed by atoms with Gasteiger partial charge in [-0.25, -0.2) is 0 Å². The largest absolute Gasteiger partial charge is 0.493 e. The SMILES string of the molecule is COc1cc(-c2nnc(S[C@H](C)c3ccccc3Cl)o2)cc(OC)c1OC. The number of hydrogen-bond acceptors (Lipinski definition) is 7. The second-order valence-electron chi connectivity index (χ2n) is 5.57. The monoisotopic (exact) mass is 406 g/mol. The van der Waals surface area contributed by atoms with Crippen molar-refractivity contribution in [3.63, 3.8) is 0 Å². The number of nitrogens with zero attached hydrogens (tertiary/aromatic N) is 2. The zero-order valence-electron chi connectivity index (χ0n) is 15.4. The van der Waals surface area contributed by atoms with E-state index < -0.39 is 0 Å². The van der Waals surface area contributed by atoms with Gasteiger partial charge >= 0.3 is 0 Å². The van der Waals surface area contributed by atoms with Gasteiger partial charge in [0.15, 0.2) is 11.5 Å². The summed E-state index contributed by atoms with van der Waals surface area (Å²) in [7, 11) is 4.67. The van der Waals surface area contributed by atoms with E-state index in [0.717, 1.165) is 5.56 Å². The first-order valence-electron chi connectivity index (χ1n) is 8.12. The molecule has 0 saturated heterocycles. The number of benzene rings is 2. The number of thioether (sulfide) groups is 1. The van der Waals surface area contributed by atoms with E-state index in [0.29, 0.717) is 38.9 Å². The highest BCUT2D eigenvalue weighted by Crippen LogP contribution is 2.42. The maximum atomic E-state index is 6.26. The summed E-state index contributed by atoms with van der Waals surface area (Å²) in [4.78, 5) is 0. The quantitative estimate of drug-likeness (QED) is 0.495. The van der Waals surface area contributed by atoms with Crippen molar-refractivity contribution in [2.45, 2.75) is 17.4 Å². The predicted molar refractivity (Wildman–Crippen MR) is 105 cm³/mol. The number of ether oxygens (including phenoxy) is 3. The van der Waals surface area contributed by atoms with E-state index in [2.05, 4.69) is 10.2 Å². The van der Waals surface area contributed by atoms with E-state index in [9.17, 15) is 0 Å². The van der Waals surface area contributed by atoms with Gasteiger partial charge in [-0.15, -0.1) is 10.2 Å². The molecule has 142 valence electrons. The molecular formula is C19H19ClN2O4S. The molecule has 0 N–H and O–H groups in total. The summed E-state index contributed by atoms with van der Waals surface area (Å²) in [5, 5.41) is 9.49. The Morgan fingerprint density at radius 1 is 1.00 bits per heavy atom. The molecule has 0 unspecified atom stereocenters. The molecule has 6 nitrogen and oxygen atoms in total. The number of methoxy groups -OCH3 is 3. The van der Waals surface area contributed by atoms with Crippen molar-refractivity contribution in [3.05, 3.63) is 47.0 Å². The minimum Gasteiger partial charge on any atom is -0.493 e. The van der Waals surface area contributed by atoms with Gasteiger partial charge in [0, 0.05) is 15.8 Å². The zero-order valence-corrected chi connectivity index (χ0v) is 16.9. The molecule has 1 aromatic heterocycles. The second kappa shape index (κ2) is 8.54. The summed E-state index contributed by atoms with van der Waals surface area (Å²) in [6, 6.07) is 11.2. The summed E-state index contributed by atoms with van der Waals surface area (Å²) in [5.41, 5.74) is 1.69. The van der Waals surface area contributed by atoms with Gasteiger partial charge in [-0.2, -0.15) is 0 Å². The lowest BCUT2D eigenvalue weighted by Gasteiger charge is -2.12. The van der Waals surface area contributed by atoms with Gasteiger partial charge in [-0.3, -0.25) is 0 Å². The van der Waals surface area contributed by atoms with E-state index >= 15 is 0 Å². The first-order valence-corrected chi connectivity index (χ1v) is 9.38. The van der Waals surface area contributed by atoms with Crippen LogP contribution >= 0.6 is 23.4 Å². The maximum Gasteiger partial charge on any atom is 0.277 e. The first-order chi connectivity index (χ1) is 13.1. The Morgan fingerprint density at radius 3 is 2.26 bits per heavy atom. The van der Waals surface area contributed by atoms with Gasteiger partial charge in [0.1, 0.15) is 0 Å². The fourth-order valence-electron chi connectivity index (χ4n) is 2.60. The zero-order chi connectivity index (χ0) is 19.4. The molecular weight excluding hydrogens is 388 g/mol. The summed E-state index contributed by atoms with van der Waals surface area (Å²) >= 11 is 7.70. The van der Waals surface area contributed by atoms with Crippen LogP contribution in [0.25, 0.3) is 11.5 Å². The fourth-order valence-corrected chi connectivity index (χ4v) is 3.81.